The molecule has 0 spiro atoms. The maximum absolute atomic E-state index is 13.5. The van der Waals surface area contributed by atoms with Crippen LogP contribution in [0.25, 0.3) is 22.1 Å². The smallest absolute Gasteiger partial charge is 0.268 e. The molecule has 7 heteroatoms. The Morgan fingerprint density at radius 2 is 1.96 bits per heavy atom. The van der Waals surface area contributed by atoms with Crippen LogP contribution in [-0.2, 0) is 16.6 Å². The number of hydrogen-bond donors (Lipinski definition) is 1. The van der Waals surface area contributed by atoms with E-state index in [-0.39, 0.29) is 4.90 Å². The van der Waals surface area contributed by atoms with E-state index in [0.717, 1.165) is 6.07 Å². The summed E-state index contributed by atoms with van der Waals surface area (Å²) in [6.07, 6.45) is 1.53. The fourth-order valence-electron chi connectivity index (χ4n) is 2.98. The molecule has 128 valence electrons. The molecule has 2 aromatic heterocycles. The summed E-state index contributed by atoms with van der Waals surface area (Å²) in [7, 11) is -2.19. The summed E-state index contributed by atoms with van der Waals surface area (Å²) in [5.41, 5.74) is 2.29. The van der Waals surface area contributed by atoms with Gasteiger partial charge in [0, 0.05) is 23.7 Å². The van der Waals surface area contributed by atoms with Crippen molar-refractivity contribution in [1.82, 2.24) is 9.29 Å². The summed E-state index contributed by atoms with van der Waals surface area (Å²) in [6, 6.07) is 12.2. The second-order valence-corrected chi connectivity index (χ2v) is 7.53. The molecule has 0 unspecified atom stereocenters. The first-order chi connectivity index (χ1) is 12.0. The average molecular weight is 358 g/mol. The van der Waals surface area contributed by atoms with Crippen molar-refractivity contribution in [3.05, 3.63) is 66.1 Å². The van der Waals surface area contributed by atoms with Crippen LogP contribution in [-0.4, -0.2) is 19.4 Å². The minimum Gasteiger partial charge on any atom is -0.454 e. The largest absolute Gasteiger partial charge is 0.454 e. The Labute approximate surface area is 143 Å². The minimum atomic E-state index is -3.96. The van der Waals surface area contributed by atoms with Gasteiger partial charge in [0.15, 0.2) is 5.58 Å². The highest BCUT2D eigenvalue weighted by molar-refractivity contribution is 7.90. The molecule has 0 aliphatic rings. The molecule has 0 saturated carbocycles. The van der Waals surface area contributed by atoms with Crippen LogP contribution in [0, 0.1) is 5.82 Å². The normalized spacial score (nSPS) is 12.2. The van der Waals surface area contributed by atoms with E-state index < -0.39 is 15.8 Å². The Morgan fingerprint density at radius 1 is 1.16 bits per heavy atom. The lowest BCUT2D eigenvalue weighted by molar-refractivity contribution is 0.584. The first-order valence-electron chi connectivity index (χ1n) is 7.69. The molecule has 0 radical (unpaired) electrons. The van der Waals surface area contributed by atoms with Crippen molar-refractivity contribution in [2.45, 2.75) is 11.4 Å². The number of benzene rings is 2. The molecule has 4 rings (SSSR count). The number of aromatic nitrogens is 1. The van der Waals surface area contributed by atoms with Gasteiger partial charge < -0.3 is 9.73 Å². The molecule has 2 aromatic carbocycles. The highest BCUT2D eigenvalue weighted by Crippen LogP contribution is 2.34. The van der Waals surface area contributed by atoms with E-state index in [9.17, 15) is 12.8 Å². The standard InChI is InChI=1S/C18H15FN2O3S/c1-20-10-12-11-21(25(22,23)14-6-4-5-13(19)9-14)17-15-7-2-3-8-16(15)24-18(12)17/h2-9,11,20H,10H2,1H3. The first-order valence-corrected chi connectivity index (χ1v) is 9.13. The van der Waals surface area contributed by atoms with Gasteiger partial charge >= 0.3 is 0 Å². The summed E-state index contributed by atoms with van der Waals surface area (Å²) in [4.78, 5) is -0.106. The molecule has 25 heavy (non-hydrogen) atoms. The Morgan fingerprint density at radius 3 is 2.72 bits per heavy atom. The fraction of sp³-hybridized carbons (Fsp3) is 0.111. The van der Waals surface area contributed by atoms with Crippen LogP contribution in [0.3, 0.4) is 0 Å². The molecule has 4 aromatic rings. The van der Waals surface area contributed by atoms with Gasteiger partial charge in [-0.15, -0.1) is 0 Å². The lowest BCUT2D eigenvalue weighted by Gasteiger charge is -2.07. The molecule has 0 aliphatic carbocycles. The molecule has 5 nitrogen and oxygen atoms in total. The Kier molecular flexibility index (Phi) is 3.63. The third kappa shape index (κ3) is 2.43. The molecule has 0 aliphatic heterocycles. The maximum atomic E-state index is 13.5. The van der Waals surface area contributed by atoms with Gasteiger partial charge in [0.25, 0.3) is 10.0 Å². The molecule has 0 fully saturated rings. The number of nitrogens with one attached hydrogen (secondary N) is 1. The zero-order valence-corrected chi connectivity index (χ0v) is 14.2. The van der Waals surface area contributed by atoms with Crippen LogP contribution in [0.2, 0.25) is 0 Å². The number of para-hydroxylation sites is 1. The van der Waals surface area contributed by atoms with Crippen molar-refractivity contribution in [2.75, 3.05) is 7.05 Å². The predicted molar refractivity (Wildman–Crippen MR) is 93.5 cm³/mol. The van der Waals surface area contributed by atoms with Crippen molar-refractivity contribution in [3.8, 4) is 0 Å². The van der Waals surface area contributed by atoms with Crippen LogP contribution in [0.15, 0.2) is 64.0 Å². The van der Waals surface area contributed by atoms with Crippen molar-refractivity contribution in [1.29, 1.82) is 0 Å². The molecule has 1 N–H and O–H groups in total. The number of rotatable bonds is 4. The Balaban J connectivity index is 2.07. The molecule has 0 atom stereocenters. The van der Waals surface area contributed by atoms with Gasteiger partial charge in [-0.05, 0) is 37.4 Å². The van der Waals surface area contributed by atoms with E-state index in [0.29, 0.717) is 34.2 Å². The van der Waals surface area contributed by atoms with Gasteiger partial charge in [-0.25, -0.2) is 16.8 Å². The summed E-state index contributed by atoms with van der Waals surface area (Å²) in [6.45, 7) is 0.446. The minimum absolute atomic E-state index is 0.106. The van der Waals surface area contributed by atoms with Gasteiger partial charge in [-0.1, -0.05) is 18.2 Å². The van der Waals surface area contributed by atoms with Crippen LogP contribution in [0.4, 0.5) is 4.39 Å². The molecular weight excluding hydrogens is 343 g/mol. The molecule has 0 bridgehead atoms. The second-order valence-electron chi connectivity index (χ2n) is 5.72. The molecular formula is C18H15FN2O3S. The predicted octanol–water partition coefficient (Wildman–Crippen LogP) is 3.48. The molecule has 0 amide bonds. The van der Waals surface area contributed by atoms with E-state index >= 15 is 0 Å². The van der Waals surface area contributed by atoms with Crippen molar-refractivity contribution in [2.24, 2.45) is 0 Å². The summed E-state index contributed by atoms with van der Waals surface area (Å²) < 4.78 is 46.8. The number of nitrogens with zero attached hydrogens (tertiary/aromatic N) is 1. The lowest BCUT2D eigenvalue weighted by Crippen LogP contribution is -2.12. The van der Waals surface area contributed by atoms with Gasteiger partial charge in [0.1, 0.15) is 16.9 Å². The first kappa shape index (κ1) is 15.9. The van der Waals surface area contributed by atoms with Crippen molar-refractivity contribution < 1.29 is 17.2 Å². The quantitative estimate of drug-likeness (QED) is 0.607. The number of furan rings is 1. The topological polar surface area (TPSA) is 64.2 Å². The van der Waals surface area contributed by atoms with E-state index in [2.05, 4.69) is 5.32 Å². The van der Waals surface area contributed by atoms with Crippen LogP contribution in [0.1, 0.15) is 5.56 Å². The van der Waals surface area contributed by atoms with E-state index in [1.165, 1.54) is 28.4 Å². The van der Waals surface area contributed by atoms with Gasteiger partial charge in [-0.3, -0.25) is 0 Å². The summed E-state index contributed by atoms with van der Waals surface area (Å²) >= 11 is 0. The van der Waals surface area contributed by atoms with E-state index in [1.54, 1.807) is 13.1 Å². The Bertz CT molecular complexity index is 1190. The van der Waals surface area contributed by atoms with Crippen molar-refractivity contribution in [3.63, 3.8) is 0 Å². The fourth-order valence-corrected chi connectivity index (χ4v) is 4.41. The monoisotopic (exact) mass is 358 g/mol. The summed E-state index contributed by atoms with van der Waals surface area (Å²) in [5.74, 6) is -0.600. The van der Waals surface area contributed by atoms with E-state index in [1.807, 2.05) is 18.2 Å². The molecule has 0 saturated heterocycles. The second kappa shape index (κ2) is 5.72. The van der Waals surface area contributed by atoms with Gasteiger partial charge in [-0.2, -0.15) is 0 Å². The zero-order chi connectivity index (χ0) is 17.6. The number of hydrogen-bond acceptors (Lipinski definition) is 4. The lowest BCUT2D eigenvalue weighted by atomic mass is 10.2. The third-order valence-electron chi connectivity index (χ3n) is 4.07. The highest BCUT2D eigenvalue weighted by Gasteiger charge is 2.25. The molecule has 2 heterocycles. The van der Waals surface area contributed by atoms with Gasteiger partial charge in [0.05, 0.1) is 4.90 Å². The highest BCUT2D eigenvalue weighted by atomic mass is 32.2. The Hall–Kier alpha value is -2.64. The van der Waals surface area contributed by atoms with Crippen LogP contribution < -0.4 is 5.32 Å². The van der Waals surface area contributed by atoms with Gasteiger partial charge in [0.2, 0.25) is 0 Å². The average Bonchev–Trinajstić information content (AvgIpc) is 3.13. The third-order valence-corrected chi connectivity index (χ3v) is 5.73. The number of halogens is 1. The van der Waals surface area contributed by atoms with Crippen LogP contribution in [0.5, 0.6) is 0 Å². The SMILES string of the molecule is CNCc1cn(S(=O)(=O)c2cccc(F)c2)c2c1oc1ccccc12. The number of fused-ring (bicyclic) bond motifs is 3. The zero-order valence-electron chi connectivity index (χ0n) is 13.4. The van der Waals surface area contributed by atoms with Crippen molar-refractivity contribution >= 4 is 32.1 Å². The van der Waals surface area contributed by atoms with E-state index in [4.69, 9.17) is 4.42 Å². The van der Waals surface area contributed by atoms with Crippen LogP contribution >= 0.6 is 0 Å². The maximum Gasteiger partial charge on any atom is 0.268 e. The summed E-state index contributed by atoms with van der Waals surface area (Å²) in [5, 5.41) is 3.70.